The molecule has 0 saturated heterocycles. The van der Waals surface area contributed by atoms with Crippen LogP contribution in [0.4, 0.5) is 5.69 Å². The molecule has 0 atom stereocenters. The zero-order valence-corrected chi connectivity index (χ0v) is 9.43. The van der Waals surface area contributed by atoms with Gasteiger partial charge in [0.2, 0.25) is 0 Å². The summed E-state index contributed by atoms with van der Waals surface area (Å²) in [5.74, 6) is 0. The Morgan fingerprint density at radius 1 is 1.57 bits per heavy atom. The summed E-state index contributed by atoms with van der Waals surface area (Å²) in [7, 11) is 1.69. The second-order valence-electron chi connectivity index (χ2n) is 3.67. The first-order valence-electron chi connectivity index (χ1n) is 4.44. The molecule has 0 aliphatic carbocycles. The fraction of sp³-hybridized carbons (Fsp3) is 0.500. The van der Waals surface area contributed by atoms with Crippen molar-refractivity contribution in [3.63, 3.8) is 0 Å². The maximum Gasteiger partial charge on any atom is 0.0794 e. The highest BCUT2D eigenvalue weighted by Crippen LogP contribution is 2.20. The topological polar surface area (TPSA) is 34.1 Å². The Balaban J connectivity index is 2.58. The molecule has 0 saturated carbocycles. The minimum absolute atomic E-state index is 0.209. The summed E-state index contributed by atoms with van der Waals surface area (Å²) in [6, 6.07) is 1.75. The van der Waals surface area contributed by atoms with Gasteiger partial charge in [0, 0.05) is 19.9 Å². The van der Waals surface area contributed by atoms with Crippen LogP contribution in [0.1, 0.15) is 13.8 Å². The average Bonchev–Trinajstić information content (AvgIpc) is 2.17. The van der Waals surface area contributed by atoms with Crippen LogP contribution in [0.2, 0.25) is 5.02 Å². The Labute approximate surface area is 89.4 Å². The van der Waals surface area contributed by atoms with Crippen LogP contribution in [0, 0.1) is 0 Å². The highest BCUT2D eigenvalue weighted by molar-refractivity contribution is 6.33. The summed E-state index contributed by atoms with van der Waals surface area (Å²) >= 11 is 5.95. The summed E-state index contributed by atoms with van der Waals surface area (Å²) in [6.07, 6.45) is 3.36. The van der Waals surface area contributed by atoms with E-state index in [4.69, 9.17) is 16.3 Å². The second kappa shape index (κ2) is 4.62. The van der Waals surface area contributed by atoms with Crippen molar-refractivity contribution in [2.75, 3.05) is 19.0 Å². The largest absolute Gasteiger partial charge is 0.380 e. The van der Waals surface area contributed by atoms with Crippen molar-refractivity contribution in [3.8, 4) is 0 Å². The van der Waals surface area contributed by atoms with Gasteiger partial charge in [-0.2, -0.15) is 0 Å². The number of hydrogen-bond acceptors (Lipinski definition) is 3. The van der Waals surface area contributed by atoms with Gasteiger partial charge in [0.15, 0.2) is 0 Å². The Hall–Kier alpha value is -0.800. The number of rotatable bonds is 4. The molecule has 3 nitrogen and oxygen atoms in total. The maximum absolute atomic E-state index is 5.95. The third kappa shape index (κ3) is 3.16. The zero-order valence-electron chi connectivity index (χ0n) is 8.67. The third-order valence-corrected chi connectivity index (χ3v) is 2.35. The van der Waals surface area contributed by atoms with Gasteiger partial charge < -0.3 is 10.1 Å². The first-order valence-corrected chi connectivity index (χ1v) is 4.81. The SMILES string of the molecule is COC(C)(C)CNc1cnccc1Cl. The van der Waals surface area contributed by atoms with Crippen molar-refractivity contribution in [1.29, 1.82) is 0 Å². The Kier molecular flexibility index (Phi) is 3.72. The molecule has 0 aliphatic heterocycles. The molecule has 1 N–H and O–H groups in total. The van der Waals surface area contributed by atoms with Crippen LogP contribution >= 0.6 is 11.6 Å². The van der Waals surface area contributed by atoms with Gasteiger partial charge in [0.1, 0.15) is 0 Å². The van der Waals surface area contributed by atoms with Crippen molar-refractivity contribution in [3.05, 3.63) is 23.5 Å². The molecule has 0 fully saturated rings. The van der Waals surface area contributed by atoms with Crippen LogP contribution in [-0.4, -0.2) is 24.2 Å². The van der Waals surface area contributed by atoms with E-state index in [1.165, 1.54) is 0 Å². The fourth-order valence-corrected chi connectivity index (χ4v) is 1.06. The zero-order chi connectivity index (χ0) is 10.6. The number of nitrogens with zero attached hydrogens (tertiary/aromatic N) is 1. The highest BCUT2D eigenvalue weighted by Gasteiger charge is 2.16. The predicted octanol–water partition coefficient (Wildman–Crippen LogP) is 2.57. The van der Waals surface area contributed by atoms with Gasteiger partial charge in [0.25, 0.3) is 0 Å². The van der Waals surface area contributed by atoms with Gasteiger partial charge in [-0.3, -0.25) is 4.98 Å². The van der Waals surface area contributed by atoms with Gasteiger partial charge in [-0.25, -0.2) is 0 Å². The van der Waals surface area contributed by atoms with E-state index >= 15 is 0 Å². The smallest absolute Gasteiger partial charge is 0.0794 e. The number of hydrogen-bond donors (Lipinski definition) is 1. The van der Waals surface area contributed by atoms with Gasteiger partial charge >= 0.3 is 0 Å². The van der Waals surface area contributed by atoms with Crippen molar-refractivity contribution in [1.82, 2.24) is 4.98 Å². The molecule has 0 unspecified atom stereocenters. The number of methoxy groups -OCH3 is 1. The fourth-order valence-electron chi connectivity index (χ4n) is 0.888. The number of aromatic nitrogens is 1. The van der Waals surface area contributed by atoms with E-state index in [-0.39, 0.29) is 5.60 Å². The maximum atomic E-state index is 5.95. The first kappa shape index (κ1) is 11.3. The lowest BCUT2D eigenvalue weighted by atomic mass is 10.1. The lowest BCUT2D eigenvalue weighted by Crippen LogP contribution is -2.32. The van der Waals surface area contributed by atoms with E-state index in [0.29, 0.717) is 11.6 Å². The monoisotopic (exact) mass is 214 g/mol. The summed E-state index contributed by atoms with van der Waals surface area (Å²) in [5.41, 5.74) is 0.624. The van der Waals surface area contributed by atoms with Crippen molar-refractivity contribution in [2.24, 2.45) is 0 Å². The molecular weight excluding hydrogens is 200 g/mol. The number of nitrogens with one attached hydrogen (secondary N) is 1. The number of ether oxygens (including phenoxy) is 1. The third-order valence-electron chi connectivity index (χ3n) is 2.03. The molecule has 1 aromatic rings. The minimum Gasteiger partial charge on any atom is -0.380 e. The molecule has 0 spiro atoms. The van der Waals surface area contributed by atoms with Gasteiger partial charge in [-0.1, -0.05) is 11.6 Å². The molecular formula is C10H15ClN2O. The van der Waals surface area contributed by atoms with Gasteiger partial charge in [-0.15, -0.1) is 0 Å². The first-order chi connectivity index (χ1) is 6.55. The summed E-state index contributed by atoms with van der Waals surface area (Å²) in [4.78, 5) is 3.98. The van der Waals surface area contributed by atoms with E-state index in [0.717, 1.165) is 5.69 Å². The molecule has 1 rings (SSSR count). The van der Waals surface area contributed by atoms with Crippen molar-refractivity contribution < 1.29 is 4.74 Å². The molecule has 0 radical (unpaired) electrons. The molecule has 1 heterocycles. The number of anilines is 1. The molecule has 0 amide bonds. The van der Waals surface area contributed by atoms with Crippen LogP contribution in [-0.2, 0) is 4.74 Å². The van der Waals surface area contributed by atoms with Crippen molar-refractivity contribution in [2.45, 2.75) is 19.4 Å². The summed E-state index contributed by atoms with van der Waals surface area (Å²) in [6.45, 7) is 4.70. The summed E-state index contributed by atoms with van der Waals surface area (Å²) in [5, 5.41) is 3.86. The van der Waals surface area contributed by atoms with E-state index in [2.05, 4.69) is 10.3 Å². The molecule has 0 aromatic carbocycles. The molecule has 0 aliphatic rings. The highest BCUT2D eigenvalue weighted by atomic mass is 35.5. The van der Waals surface area contributed by atoms with E-state index in [9.17, 15) is 0 Å². The quantitative estimate of drug-likeness (QED) is 0.837. The molecule has 78 valence electrons. The number of halogens is 1. The average molecular weight is 215 g/mol. The predicted molar refractivity (Wildman–Crippen MR) is 58.8 cm³/mol. The van der Waals surface area contributed by atoms with Crippen LogP contribution in [0.25, 0.3) is 0 Å². The van der Waals surface area contributed by atoms with Crippen LogP contribution in [0.15, 0.2) is 18.5 Å². The Bertz CT molecular complexity index is 302. The van der Waals surface area contributed by atoms with Gasteiger partial charge in [-0.05, 0) is 19.9 Å². The van der Waals surface area contributed by atoms with Crippen LogP contribution < -0.4 is 5.32 Å². The second-order valence-corrected chi connectivity index (χ2v) is 4.08. The van der Waals surface area contributed by atoms with Crippen molar-refractivity contribution >= 4 is 17.3 Å². The molecule has 14 heavy (non-hydrogen) atoms. The Morgan fingerprint density at radius 2 is 2.29 bits per heavy atom. The standard InChI is InChI=1S/C10H15ClN2O/c1-10(2,14-3)7-13-9-6-12-5-4-8(9)11/h4-6,13H,7H2,1-3H3. The normalized spacial score (nSPS) is 11.4. The number of pyridine rings is 1. The molecule has 4 heteroatoms. The van der Waals surface area contributed by atoms with Gasteiger partial charge in [0.05, 0.1) is 22.5 Å². The minimum atomic E-state index is -0.209. The van der Waals surface area contributed by atoms with E-state index in [1.54, 1.807) is 25.6 Å². The van der Waals surface area contributed by atoms with Crippen LogP contribution in [0.3, 0.4) is 0 Å². The lowest BCUT2D eigenvalue weighted by Gasteiger charge is -2.23. The molecule has 1 aromatic heterocycles. The lowest BCUT2D eigenvalue weighted by molar-refractivity contribution is 0.0344. The molecule has 0 bridgehead atoms. The van der Waals surface area contributed by atoms with E-state index < -0.39 is 0 Å². The Morgan fingerprint density at radius 3 is 2.86 bits per heavy atom. The summed E-state index contributed by atoms with van der Waals surface area (Å²) < 4.78 is 5.27. The van der Waals surface area contributed by atoms with E-state index in [1.807, 2.05) is 13.8 Å². The van der Waals surface area contributed by atoms with Crippen LogP contribution in [0.5, 0.6) is 0 Å².